The lowest BCUT2D eigenvalue weighted by molar-refractivity contribution is -0.137. The number of ether oxygens (including phenoxy) is 1. The summed E-state index contributed by atoms with van der Waals surface area (Å²) in [6, 6.07) is -0.687. The molecule has 1 rings (SSSR count). The molecule has 1 fully saturated rings. The number of urea groups is 1. The Labute approximate surface area is 107 Å². The summed E-state index contributed by atoms with van der Waals surface area (Å²) in [6.07, 6.45) is 4.35. The summed E-state index contributed by atoms with van der Waals surface area (Å²) in [5.74, 6) is -0.918. The number of carboxylic acids is 1. The molecule has 0 bridgehead atoms. The van der Waals surface area contributed by atoms with Crippen molar-refractivity contribution in [3.8, 4) is 0 Å². The number of hydrogen-bond donors (Lipinski definition) is 3. The van der Waals surface area contributed by atoms with E-state index in [0.717, 1.165) is 25.9 Å². The molecule has 1 aliphatic rings. The quantitative estimate of drug-likeness (QED) is 0.666. The van der Waals surface area contributed by atoms with Gasteiger partial charge in [0.15, 0.2) is 0 Å². The highest BCUT2D eigenvalue weighted by Gasteiger charge is 2.14. The van der Waals surface area contributed by atoms with E-state index in [4.69, 9.17) is 9.84 Å². The average Bonchev–Trinajstić information content (AvgIpc) is 2.29. The normalized spacial score (nSPS) is 21.1. The van der Waals surface area contributed by atoms with E-state index in [9.17, 15) is 9.59 Å². The molecule has 6 nitrogen and oxygen atoms in total. The number of carboxylic acid groups (broad SMARTS) is 1. The van der Waals surface area contributed by atoms with Crippen LogP contribution in [0.25, 0.3) is 0 Å². The van der Waals surface area contributed by atoms with Crippen molar-refractivity contribution in [2.75, 3.05) is 13.2 Å². The van der Waals surface area contributed by atoms with Gasteiger partial charge in [-0.3, -0.25) is 4.79 Å². The summed E-state index contributed by atoms with van der Waals surface area (Å²) in [4.78, 5) is 21.8. The van der Waals surface area contributed by atoms with Gasteiger partial charge in [0.25, 0.3) is 0 Å². The Hall–Kier alpha value is -1.30. The fourth-order valence-corrected chi connectivity index (χ4v) is 1.97. The van der Waals surface area contributed by atoms with Crippen molar-refractivity contribution in [3.63, 3.8) is 0 Å². The molecule has 0 aromatic heterocycles. The standard InChI is InChI=1S/C12H22N2O4/c1-9(8-11(15)16)14-12(17)13-6-5-10-4-2-3-7-18-10/h9-10H,2-8H2,1H3,(H,15,16)(H2,13,14,17). The fraction of sp³-hybridized carbons (Fsp3) is 0.833. The van der Waals surface area contributed by atoms with Gasteiger partial charge in [0.2, 0.25) is 0 Å². The molecule has 6 heteroatoms. The van der Waals surface area contributed by atoms with E-state index in [1.165, 1.54) is 6.42 Å². The Morgan fingerprint density at radius 2 is 2.22 bits per heavy atom. The predicted molar refractivity (Wildman–Crippen MR) is 66.5 cm³/mol. The summed E-state index contributed by atoms with van der Waals surface area (Å²) in [5.41, 5.74) is 0. The van der Waals surface area contributed by atoms with Crippen LogP contribution in [0.5, 0.6) is 0 Å². The van der Waals surface area contributed by atoms with E-state index in [-0.39, 0.29) is 24.6 Å². The lowest BCUT2D eigenvalue weighted by atomic mass is 10.1. The minimum Gasteiger partial charge on any atom is -0.481 e. The maximum atomic E-state index is 11.4. The molecule has 0 aliphatic carbocycles. The molecule has 0 aromatic carbocycles. The van der Waals surface area contributed by atoms with Gasteiger partial charge in [0.1, 0.15) is 0 Å². The van der Waals surface area contributed by atoms with Crippen molar-refractivity contribution >= 4 is 12.0 Å². The van der Waals surface area contributed by atoms with Gasteiger partial charge in [-0.05, 0) is 32.6 Å². The molecular weight excluding hydrogens is 236 g/mol. The molecule has 0 saturated carbocycles. The van der Waals surface area contributed by atoms with Crippen LogP contribution in [0.2, 0.25) is 0 Å². The Morgan fingerprint density at radius 1 is 1.44 bits per heavy atom. The van der Waals surface area contributed by atoms with Crippen molar-refractivity contribution < 1.29 is 19.4 Å². The third kappa shape index (κ3) is 6.44. The van der Waals surface area contributed by atoms with E-state index in [2.05, 4.69) is 10.6 Å². The molecule has 3 N–H and O–H groups in total. The van der Waals surface area contributed by atoms with Crippen LogP contribution in [-0.2, 0) is 9.53 Å². The first-order valence-electron chi connectivity index (χ1n) is 6.45. The fourth-order valence-electron chi connectivity index (χ4n) is 1.97. The van der Waals surface area contributed by atoms with Crippen LogP contribution in [-0.4, -0.2) is 42.4 Å². The monoisotopic (exact) mass is 258 g/mol. The topological polar surface area (TPSA) is 87.7 Å². The van der Waals surface area contributed by atoms with Crippen molar-refractivity contribution in [3.05, 3.63) is 0 Å². The largest absolute Gasteiger partial charge is 0.481 e. The predicted octanol–water partition coefficient (Wildman–Crippen LogP) is 1.11. The first kappa shape index (κ1) is 14.8. The van der Waals surface area contributed by atoms with E-state index in [0.29, 0.717) is 6.54 Å². The lowest BCUT2D eigenvalue weighted by Crippen LogP contribution is -2.42. The van der Waals surface area contributed by atoms with Crippen molar-refractivity contribution in [1.82, 2.24) is 10.6 Å². The second-order valence-electron chi connectivity index (χ2n) is 4.68. The molecule has 18 heavy (non-hydrogen) atoms. The van der Waals surface area contributed by atoms with Crippen molar-refractivity contribution in [1.29, 1.82) is 0 Å². The zero-order valence-corrected chi connectivity index (χ0v) is 10.8. The number of nitrogens with one attached hydrogen (secondary N) is 2. The molecule has 2 unspecified atom stereocenters. The molecule has 2 amide bonds. The van der Waals surface area contributed by atoms with Crippen LogP contribution in [0.1, 0.15) is 39.0 Å². The SMILES string of the molecule is CC(CC(=O)O)NC(=O)NCCC1CCCCO1. The van der Waals surface area contributed by atoms with Gasteiger partial charge in [-0.2, -0.15) is 0 Å². The molecule has 0 radical (unpaired) electrons. The van der Waals surface area contributed by atoms with Gasteiger partial charge in [-0.15, -0.1) is 0 Å². The number of rotatable bonds is 6. The summed E-state index contributed by atoms with van der Waals surface area (Å²) in [6.45, 7) is 3.03. The van der Waals surface area contributed by atoms with E-state index in [1.807, 2.05) is 0 Å². The van der Waals surface area contributed by atoms with Gasteiger partial charge in [0, 0.05) is 19.2 Å². The molecule has 2 atom stereocenters. The average molecular weight is 258 g/mol. The van der Waals surface area contributed by atoms with E-state index < -0.39 is 5.97 Å². The number of aliphatic carboxylic acids is 1. The van der Waals surface area contributed by atoms with Crippen molar-refractivity contribution in [2.24, 2.45) is 0 Å². The smallest absolute Gasteiger partial charge is 0.315 e. The van der Waals surface area contributed by atoms with Gasteiger partial charge < -0.3 is 20.5 Å². The van der Waals surface area contributed by atoms with Gasteiger partial charge in [0.05, 0.1) is 12.5 Å². The maximum Gasteiger partial charge on any atom is 0.315 e. The third-order valence-corrected chi connectivity index (χ3v) is 2.88. The van der Waals surface area contributed by atoms with Crippen LogP contribution in [0.15, 0.2) is 0 Å². The highest BCUT2D eigenvalue weighted by molar-refractivity contribution is 5.75. The maximum absolute atomic E-state index is 11.4. The Morgan fingerprint density at radius 3 is 2.83 bits per heavy atom. The van der Waals surface area contributed by atoms with Crippen molar-refractivity contribution in [2.45, 2.75) is 51.2 Å². The zero-order chi connectivity index (χ0) is 13.4. The molecule has 1 heterocycles. The minimum atomic E-state index is -0.918. The molecule has 0 aromatic rings. The Kier molecular flexibility index (Phi) is 6.49. The first-order valence-corrected chi connectivity index (χ1v) is 6.45. The minimum absolute atomic E-state index is 0.0703. The van der Waals surface area contributed by atoms with E-state index in [1.54, 1.807) is 6.92 Å². The summed E-state index contributed by atoms with van der Waals surface area (Å²) < 4.78 is 5.54. The van der Waals surface area contributed by atoms with Crippen LogP contribution < -0.4 is 10.6 Å². The molecule has 1 saturated heterocycles. The number of carbonyl (C=O) groups excluding carboxylic acids is 1. The van der Waals surface area contributed by atoms with Gasteiger partial charge in [-0.25, -0.2) is 4.79 Å². The van der Waals surface area contributed by atoms with Crippen LogP contribution >= 0.6 is 0 Å². The summed E-state index contributed by atoms with van der Waals surface area (Å²) in [5, 5.41) is 13.8. The zero-order valence-electron chi connectivity index (χ0n) is 10.8. The Bertz CT molecular complexity index is 277. The highest BCUT2D eigenvalue weighted by Crippen LogP contribution is 2.14. The van der Waals surface area contributed by atoms with Crippen LogP contribution in [0.3, 0.4) is 0 Å². The first-order chi connectivity index (χ1) is 8.58. The van der Waals surface area contributed by atoms with Crippen LogP contribution in [0.4, 0.5) is 4.79 Å². The molecule has 1 aliphatic heterocycles. The second-order valence-corrected chi connectivity index (χ2v) is 4.68. The van der Waals surface area contributed by atoms with E-state index >= 15 is 0 Å². The Balaban J connectivity index is 2.07. The summed E-state index contributed by atoms with van der Waals surface area (Å²) in [7, 11) is 0. The third-order valence-electron chi connectivity index (χ3n) is 2.88. The molecule has 0 spiro atoms. The number of amides is 2. The lowest BCUT2D eigenvalue weighted by Gasteiger charge is -2.22. The highest BCUT2D eigenvalue weighted by atomic mass is 16.5. The second kappa shape index (κ2) is 7.92. The molecule has 104 valence electrons. The van der Waals surface area contributed by atoms with Gasteiger partial charge in [-0.1, -0.05) is 0 Å². The van der Waals surface area contributed by atoms with Crippen LogP contribution in [0, 0.1) is 0 Å². The number of hydrogen-bond acceptors (Lipinski definition) is 3. The number of carbonyl (C=O) groups is 2. The van der Waals surface area contributed by atoms with Gasteiger partial charge >= 0.3 is 12.0 Å². The molecular formula is C12H22N2O4. The summed E-state index contributed by atoms with van der Waals surface area (Å²) >= 11 is 0.